The molecule has 1 heterocycles. The van der Waals surface area contributed by atoms with Gasteiger partial charge in [-0.1, -0.05) is 36.4 Å². The molecule has 0 radical (unpaired) electrons. The second-order valence-electron chi connectivity index (χ2n) is 6.91. The maximum atomic E-state index is 13.3. The monoisotopic (exact) mass is 493 g/mol. The number of fused-ring (bicyclic) bond motifs is 1. The van der Waals surface area contributed by atoms with Crippen LogP contribution in [0.3, 0.4) is 0 Å². The van der Waals surface area contributed by atoms with E-state index in [1.165, 1.54) is 4.90 Å². The Morgan fingerprint density at radius 1 is 0.969 bits per heavy atom. The average molecular weight is 494 g/mol. The summed E-state index contributed by atoms with van der Waals surface area (Å²) in [6, 6.07) is 21.7. The molecular formula is C25H20BrNO5. The van der Waals surface area contributed by atoms with Gasteiger partial charge in [0.2, 0.25) is 0 Å². The number of benzene rings is 3. The molecule has 4 aromatic rings. The zero-order valence-electron chi connectivity index (χ0n) is 17.5. The Kier molecular flexibility index (Phi) is 6.28. The summed E-state index contributed by atoms with van der Waals surface area (Å²) in [4.78, 5) is 27.2. The third-order valence-corrected chi connectivity index (χ3v) is 5.43. The largest absolute Gasteiger partial charge is 0.462 e. The van der Waals surface area contributed by atoms with Crippen molar-refractivity contribution in [2.45, 2.75) is 13.8 Å². The summed E-state index contributed by atoms with van der Waals surface area (Å²) in [5.41, 5.74) is 2.12. The summed E-state index contributed by atoms with van der Waals surface area (Å²) in [6.07, 6.45) is -0.597. The number of amides is 1. The van der Waals surface area contributed by atoms with Gasteiger partial charge in [-0.2, -0.15) is 0 Å². The molecule has 7 heteroatoms. The molecule has 0 bridgehead atoms. The Morgan fingerprint density at radius 2 is 1.56 bits per heavy atom. The summed E-state index contributed by atoms with van der Waals surface area (Å²) in [5, 5.41) is 0.512. The van der Waals surface area contributed by atoms with Gasteiger partial charge in [0.1, 0.15) is 22.7 Å². The number of hydrogen-bond acceptors (Lipinski definition) is 5. The Hall–Kier alpha value is -3.58. The van der Waals surface area contributed by atoms with Crippen LogP contribution >= 0.6 is 15.9 Å². The Bertz CT molecular complexity index is 1230. The highest BCUT2D eigenvalue weighted by Crippen LogP contribution is 2.36. The SMILES string of the molecule is CCOC(=O)c1c(C)oc2cc(Br)c(OC(=O)N(c3ccccc3)c3ccccc3)cc12. The first kappa shape index (κ1) is 21.6. The van der Waals surface area contributed by atoms with Gasteiger partial charge in [-0.05, 0) is 66.2 Å². The first-order valence-corrected chi connectivity index (χ1v) is 10.8. The third-order valence-electron chi connectivity index (χ3n) is 4.81. The molecule has 0 atom stereocenters. The number of esters is 1. The number of furan rings is 1. The van der Waals surface area contributed by atoms with E-state index in [1.807, 2.05) is 60.7 Å². The molecule has 6 nitrogen and oxygen atoms in total. The number of carbonyl (C=O) groups excluding carboxylic acids is 2. The number of halogens is 1. The van der Waals surface area contributed by atoms with E-state index in [4.69, 9.17) is 13.9 Å². The van der Waals surface area contributed by atoms with Crippen LogP contribution in [0.5, 0.6) is 5.75 Å². The fraction of sp³-hybridized carbons (Fsp3) is 0.120. The Morgan fingerprint density at radius 3 is 2.12 bits per heavy atom. The molecule has 0 aliphatic rings. The van der Waals surface area contributed by atoms with Crippen molar-refractivity contribution in [2.75, 3.05) is 11.5 Å². The predicted octanol–water partition coefficient (Wildman–Crippen LogP) is 7.02. The molecule has 4 rings (SSSR count). The van der Waals surface area contributed by atoms with E-state index in [0.29, 0.717) is 38.1 Å². The average Bonchev–Trinajstić information content (AvgIpc) is 3.10. The predicted molar refractivity (Wildman–Crippen MR) is 126 cm³/mol. The molecule has 0 N–H and O–H groups in total. The molecule has 3 aromatic carbocycles. The van der Waals surface area contributed by atoms with E-state index in [1.54, 1.807) is 26.0 Å². The highest BCUT2D eigenvalue weighted by Gasteiger charge is 2.24. The van der Waals surface area contributed by atoms with Crippen molar-refractivity contribution in [3.05, 3.63) is 88.6 Å². The number of ether oxygens (including phenoxy) is 2. The number of hydrogen-bond donors (Lipinski definition) is 0. The van der Waals surface area contributed by atoms with Crippen molar-refractivity contribution in [1.29, 1.82) is 0 Å². The second kappa shape index (κ2) is 9.28. The summed E-state index contributed by atoms with van der Waals surface area (Å²) >= 11 is 3.44. The molecule has 1 amide bonds. The number of carbonyl (C=O) groups is 2. The standard InChI is InChI=1S/C25H20BrNO5/c1-3-30-24(28)23-16(2)31-21-15-20(26)22(14-19(21)23)32-25(29)27(17-10-6-4-7-11-17)18-12-8-5-9-13-18/h4-15H,3H2,1-2H3. The Balaban J connectivity index is 1.74. The van der Waals surface area contributed by atoms with E-state index >= 15 is 0 Å². The maximum absolute atomic E-state index is 13.3. The summed E-state index contributed by atoms with van der Waals surface area (Å²) in [6.45, 7) is 3.67. The number of para-hydroxylation sites is 2. The van der Waals surface area contributed by atoms with Crippen LogP contribution in [-0.2, 0) is 4.74 Å². The van der Waals surface area contributed by atoms with Crippen LogP contribution in [0.25, 0.3) is 11.0 Å². The van der Waals surface area contributed by atoms with Crippen LogP contribution in [0.4, 0.5) is 16.2 Å². The van der Waals surface area contributed by atoms with Gasteiger partial charge < -0.3 is 13.9 Å². The lowest BCUT2D eigenvalue weighted by Gasteiger charge is -2.22. The molecular weight excluding hydrogens is 474 g/mol. The number of anilines is 2. The molecule has 0 spiro atoms. The van der Waals surface area contributed by atoms with E-state index in [0.717, 1.165) is 0 Å². The third kappa shape index (κ3) is 4.24. The van der Waals surface area contributed by atoms with Crippen LogP contribution in [-0.4, -0.2) is 18.7 Å². The van der Waals surface area contributed by atoms with E-state index < -0.39 is 12.1 Å². The van der Waals surface area contributed by atoms with Gasteiger partial charge in [0.05, 0.1) is 22.5 Å². The van der Waals surface area contributed by atoms with Gasteiger partial charge in [-0.15, -0.1) is 0 Å². The molecule has 0 saturated carbocycles. The molecule has 0 saturated heterocycles. The molecule has 0 aliphatic carbocycles. The molecule has 0 fully saturated rings. The smallest absolute Gasteiger partial charge is 0.424 e. The first-order chi connectivity index (χ1) is 15.5. The topological polar surface area (TPSA) is 69.0 Å². The van der Waals surface area contributed by atoms with Gasteiger partial charge in [0.15, 0.2) is 0 Å². The van der Waals surface area contributed by atoms with Crippen molar-refractivity contribution in [2.24, 2.45) is 0 Å². The molecule has 0 aliphatic heterocycles. The lowest BCUT2D eigenvalue weighted by atomic mass is 10.1. The van der Waals surface area contributed by atoms with E-state index in [-0.39, 0.29) is 12.4 Å². The number of nitrogens with zero attached hydrogens (tertiary/aromatic N) is 1. The van der Waals surface area contributed by atoms with Crippen LogP contribution in [0.2, 0.25) is 0 Å². The summed E-state index contributed by atoms with van der Waals surface area (Å²) in [5.74, 6) is 0.202. The van der Waals surface area contributed by atoms with Gasteiger partial charge >= 0.3 is 12.1 Å². The molecule has 32 heavy (non-hydrogen) atoms. The van der Waals surface area contributed by atoms with Crippen molar-refractivity contribution in [3.8, 4) is 5.75 Å². The minimum absolute atomic E-state index is 0.242. The first-order valence-electron chi connectivity index (χ1n) is 10.0. The van der Waals surface area contributed by atoms with Crippen molar-refractivity contribution in [1.82, 2.24) is 0 Å². The van der Waals surface area contributed by atoms with Crippen LogP contribution in [0, 0.1) is 6.92 Å². The lowest BCUT2D eigenvalue weighted by molar-refractivity contribution is 0.0526. The molecule has 1 aromatic heterocycles. The van der Waals surface area contributed by atoms with Crippen LogP contribution < -0.4 is 9.64 Å². The zero-order valence-corrected chi connectivity index (χ0v) is 19.1. The number of rotatable bonds is 5. The quantitative estimate of drug-likeness (QED) is 0.279. The highest BCUT2D eigenvalue weighted by atomic mass is 79.9. The zero-order chi connectivity index (χ0) is 22.7. The highest BCUT2D eigenvalue weighted by molar-refractivity contribution is 9.10. The minimum Gasteiger partial charge on any atom is -0.462 e. The van der Waals surface area contributed by atoms with Crippen LogP contribution in [0.1, 0.15) is 23.0 Å². The maximum Gasteiger partial charge on any atom is 0.424 e. The fourth-order valence-corrected chi connectivity index (χ4v) is 3.81. The van der Waals surface area contributed by atoms with Gasteiger partial charge in [0.25, 0.3) is 0 Å². The van der Waals surface area contributed by atoms with E-state index in [9.17, 15) is 9.59 Å². The van der Waals surface area contributed by atoms with E-state index in [2.05, 4.69) is 15.9 Å². The minimum atomic E-state index is -0.597. The van der Waals surface area contributed by atoms with Crippen molar-refractivity contribution in [3.63, 3.8) is 0 Å². The van der Waals surface area contributed by atoms with Crippen LogP contribution in [0.15, 0.2) is 81.7 Å². The van der Waals surface area contributed by atoms with Gasteiger partial charge in [-0.25, -0.2) is 14.5 Å². The molecule has 162 valence electrons. The second-order valence-corrected chi connectivity index (χ2v) is 7.76. The Labute approximate surface area is 193 Å². The van der Waals surface area contributed by atoms with Crippen molar-refractivity contribution < 1.29 is 23.5 Å². The normalized spacial score (nSPS) is 10.7. The molecule has 0 unspecified atom stereocenters. The fourth-order valence-electron chi connectivity index (χ4n) is 3.41. The van der Waals surface area contributed by atoms with Crippen molar-refractivity contribution >= 4 is 50.3 Å². The van der Waals surface area contributed by atoms with Gasteiger partial charge in [0, 0.05) is 5.39 Å². The van der Waals surface area contributed by atoms with Gasteiger partial charge in [-0.3, -0.25) is 0 Å². The summed E-state index contributed by atoms with van der Waals surface area (Å²) in [7, 11) is 0. The number of aryl methyl sites for hydroxylation is 1. The lowest BCUT2D eigenvalue weighted by Crippen LogP contribution is -2.29. The summed E-state index contributed by atoms with van der Waals surface area (Å²) < 4.78 is 17.2.